The van der Waals surface area contributed by atoms with E-state index in [1.165, 1.54) is 6.20 Å². The van der Waals surface area contributed by atoms with Crippen LogP contribution in [0.3, 0.4) is 0 Å². The first-order valence-electron chi connectivity index (χ1n) is 7.60. The van der Waals surface area contributed by atoms with Crippen molar-refractivity contribution in [1.82, 2.24) is 19.8 Å². The third kappa shape index (κ3) is 6.58. The van der Waals surface area contributed by atoms with Gasteiger partial charge in [-0.25, -0.2) is 13.1 Å². The molecule has 1 atom stereocenters. The third-order valence-electron chi connectivity index (χ3n) is 3.09. The van der Waals surface area contributed by atoms with Crippen LogP contribution in [-0.2, 0) is 16.6 Å². The van der Waals surface area contributed by atoms with Gasteiger partial charge in [0.1, 0.15) is 4.90 Å². The standard InChI is InChI=1S/C14H28N4O2S/c1-5-15-7-6-8-18-11-14(10-16-18)21(19,20)17-13(4)9-12(2)3/h10-13,15,17H,5-9H2,1-4H3. The second-order valence-electron chi connectivity index (χ2n) is 5.80. The van der Waals surface area contributed by atoms with E-state index in [4.69, 9.17) is 0 Å². The van der Waals surface area contributed by atoms with Gasteiger partial charge in [0, 0.05) is 18.8 Å². The molecule has 0 saturated carbocycles. The van der Waals surface area contributed by atoms with Crippen molar-refractivity contribution in [3.63, 3.8) is 0 Å². The van der Waals surface area contributed by atoms with Gasteiger partial charge in [-0.2, -0.15) is 5.10 Å². The molecule has 0 aromatic carbocycles. The lowest BCUT2D eigenvalue weighted by Gasteiger charge is -2.15. The van der Waals surface area contributed by atoms with Crippen molar-refractivity contribution in [3.8, 4) is 0 Å². The minimum absolute atomic E-state index is 0.0768. The van der Waals surface area contributed by atoms with Crippen LogP contribution in [0.4, 0.5) is 0 Å². The molecule has 0 aliphatic carbocycles. The Morgan fingerprint density at radius 2 is 2.05 bits per heavy atom. The lowest BCUT2D eigenvalue weighted by atomic mass is 10.1. The minimum atomic E-state index is -3.47. The predicted molar refractivity (Wildman–Crippen MR) is 84.6 cm³/mol. The minimum Gasteiger partial charge on any atom is -0.317 e. The van der Waals surface area contributed by atoms with E-state index in [1.54, 1.807) is 10.9 Å². The smallest absolute Gasteiger partial charge is 0.243 e. The summed E-state index contributed by atoms with van der Waals surface area (Å²) in [5.41, 5.74) is 0. The highest BCUT2D eigenvalue weighted by atomic mass is 32.2. The van der Waals surface area contributed by atoms with Gasteiger partial charge in [-0.15, -0.1) is 0 Å². The molecule has 0 spiro atoms. The number of nitrogens with zero attached hydrogens (tertiary/aromatic N) is 2. The summed E-state index contributed by atoms with van der Waals surface area (Å²) in [6.45, 7) is 10.7. The van der Waals surface area contributed by atoms with E-state index in [-0.39, 0.29) is 10.9 Å². The number of rotatable bonds is 10. The number of aromatic nitrogens is 2. The molecule has 0 fully saturated rings. The molecule has 0 aliphatic heterocycles. The Morgan fingerprint density at radius 1 is 1.33 bits per heavy atom. The maximum atomic E-state index is 12.2. The van der Waals surface area contributed by atoms with Crippen molar-refractivity contribution >= 4 is 10.0 Å². The maximum Gasteiger partial charge on any atom is 0.243 e. The molecule has 0 bridgehead atoms. The second-order valence-corrected chi connectivity index (χ2v) is 7.51. The topological polar surface area (TPSA) is 76.0 Å². The quantitative estimate of drug-likeness (QED) is 0.643. The van der Waals surface area contributed by atoms with Gasteiger partial charge in [0.25, 0.3) is 0 Å². The first-order chi connectivity index (χ1) is 9.85. The molecule has 2 N–H and O–H groups in total. The van der Waals surface area contributed by atoms with Crippen LogP contribution in [0.5, 0.6) is 0 Å². The van der Waals surface area contributed by atoms with Crippen molar-refractivity contribution in [2.45, 2.75) is 58.0 Å². The molecule has 7 heteroatoms. The largest absolute Gasteiger partial charge is 0.317 e. The highest BCUT2D eigenvalue weighted by Crippen LogP contribution is 2.11. The third-order valence-corrected chi connectivity index (χ3v) is 4.64. The van der Waals surface area contributed by atoms with Gasteiger partial charge in [0.2, 0.25) is 10.0 Å². The van der Waals surface area contributed by atoms with Gasteiger partial charge in [-0.05, 0) is 38.8 Å². The van der Waals surface area contributed by atoms with Gasteiger partial charge >= 0.3 is 0 Å². The Labute approximate surface area is 128 Å². The van der Waals surface area contributed by atoms with Gasteiger partial charge < -0.3 is 5.32 Å². The summed E-state index contributed by atoms with van der Waals surface area (Å²) in [5.74, 6) is 0.455. The molecule has 0 aliphatic rings. The van der Waals surface area contributed by atoms with E-state index in [2.05, 4.69) is 35.9 Å². The van der Waals surface area contributed by atoms with E-state index in [0.717, 1.165) is 25.9 Å². The zero-order valence-electron chi connectivity index (χ0n) is 13.5. The number of aryl methyl sites for hydroxylation is 1. The van der Waals surface area contributed by atoms with Crippen LogP contribution < -0.4 is 10.0 Å². The Balaban J connectivity index is 2.57. The molecule has 122 valence electrons. The first kappa shape index (κ1) is 18.1. The highest BCUT2D eigenvalue weighted by Gasteiger charge is 2.19. The fourth-order valence-electron chi connectivity index (χ4n) is 2.24. The van der Waals surface area contributed by atoms with Gasteiger partial charge in [-0.3, -0.25) is 4.68 Å². The van der Waals surface area contributed by atoms with Crippen LogP contribution in [0, 0.1) is 5.92 Å². The molecular formula is C14H28N4O2S. The summed E-state index contributed by atoms with van der Waals surface area (Å²) >= 11 is 0. The van der Waals surface area contributed by atoms with Crippen LogP contribution in [0.25, 0.3) is 0 Å². The van der Waals surface area contributed by atoms with Crippen LogP contribution in [0.1, 0.15) is 40.5 Å². The monoisotopic (exact) mass is 316 g/mol. The summed E-state index contributed by atoms with van der Waals surface area (Å²) in [6.07, 6.45) is 4.75. The molecular weight excluding hydrogens is 288 g/mol. The molecule has 0 amide bonds. The zero-order valence-corrected chi connectivity index (χ0v) is 14.3. The van der Waals surface area contributed by atoms with E-state index < -0.39 is 10.0 Å². The fourth-order valence-corrected chi connectivity index (χ4v) is 3.44. The summed E-state index contributed by atoms with van der Waals surface area (Å²) in [7, 11) is -3.47. The van der Waals surface area contributed by atoms with Crippen molar-refractivity contribution in [3.05, 3.63) is 12.4 Å². The molecule has 0 radical (unpaired) electrons. The van der Waals surface area contributed by atoms with Crippen molar-refractivity contribution in [2.24, 2.45) is 5.92 Å². The van der Waals surface area contributed by atoms with Gasteiger partial charge in [-0.1, -0.05) is 20.8 Å². The number of nitrogens with one attached hydrogen (secondary N) is 2. The zero-order chi connectivity index (χ0) is 15.9. The second kappa shape index (κ2) is 8.51. The van der Waals surface area contributed by atoms with E-state index in [9.17, 15) is 8.42 Å². The normalized spacial score (nSPS) is 13.8. The molecule has 0 saturated heterocycles. The average molecular weight is 316 g/mol. The van der Waals surface area contributed by atoms with Crippen LogP contribution in [0.15, 0.2) is 17.3 Å². The Morgan fingerprint density at radius 3 is 2.67 bits per heavy atom. The SMILES string of the molecule is CCNCCCn1cc(S(=O)(=O)NC(C)CC(C)C)cn1. The van der Waals surface area contributed by atoms with Crippen LogP contribution in [0.2, 0.25) is 0 Å². The highest BCUT2D eigenvalue weighted by molar-refractivity contribution is 7.89. The van der Waals surface area contributed by atoms with E-state index in [0.29, 0.717) is 12.5 Å². The number of hydrogen-bond acceptors (Lipinski definition) is 4. The Bertz CT molecular complexity index is 511. The summed E-state index contributed by atoms with van der Waals surface area (Å²) in [6, 6.07) is -0.0768. The summed E-state index contributed by atoms with van der Waals surface area (Å²) in [4.78, 5) is 0.238. The van der Waals surface area contributed by atoms with Crippen molar-refractivity contribution in [2.75, 3.05) is 13.1 Å². The summed E-state index contributed by atoms with van der Waals surface area (Å²) in [5, 5.41) is 7.35. The van der Waals surface area contributed by atoms with Gasteiger partial charge in [0.05, 0.1) is 6.20 Å². The van der Waals surface area contributed by atoms with Crippen molar-refractivity contribution in [1.29, 1.82) is 0 Å². The molecule has 1 heterocycles. The fraction of sp³-hybridized carbons (Fsp3) is 0.786. The lowest BCUT2D eigenvalue weighted by molar-refractivity contribution is 0.482. The predicted octanol–water partition coefficient (Wildman–Crippen LogP) is 1.60. The molecule has 1 unspecified atom stereocenters. The molecule has 6 nitrogen and oxygen atoms in total. The van der Waals surface area contributed by atoms with Crippen LogP contribution >= 0.6 is 0 Å². The Kier molecular flexibility index (Phi) is 7.34. The Hall–Kier alpha value is -0.920. The van der Waals surface area contributed by atoms with Crippen LogP contribution in [-0.4, -0.2) is 37.3 Å². The number of hydrogen-bond donors (Lipinski definition) is 2. The maximum absolute atomic E-state index is 12.2. The summed E-state index contributed by atoms with van der Waals surface area (Å²) < 4.78 is 28.9. The van der Waals surface area contributed by atoms with Crippen molar-refractivity contribution < 1.29 is 8.42 Å². The molecule has 1 aromatic rings. The average Bonchev–Trinajstić information content (AvgIpc) is 2.82. The van der Waals surface area contributed by atoms with E-state index in [1.807, 2.05) is 6.92 Å². The number of sulfonamides is 1. The first-order valence-corrected chi connectivity index (χ1v) is 9.09. The molecule has 1 aromatic heterocycles. The van der Waals surface area contributed by atoms with Gasteiger partial charge in [0.15, 0.2) is 0 Å². The lowest BCUT2D eigenvalue weighted by Crippen LogP contribution is -2.33. The molecule has 1 rings (SSSR count). The molecule has 21 heavy (non-hydrogen) atoms. The van der Waals surface area contributed by atoms with E-state index >= 15 is 0 Å².